The normalized spacial score (nSPS) is 32.5. The average molecular weight is 627 g/mol. The van der Waals surface area contributed by atoms with Crippen molar-refractivity contribution < 1.29 is 79.5 Å². The van der Waals surface area contributed by atoms with Gasteiger partial charge in [0.15, 0.2) is 29.7 Å². The van der Waals surface area contributed by atoms with Gasteiger partial charge in [0.1, 0.15) is 65.2 Å². The summed E-state index contributed by atoms with van der Waals surface area (Å²) in [5, 5.41) is 111. The summed E-state index contributed by atoms with van der Waals surface area (Å²) in [6.07, 6.45) is -18.0. The number of phenolic OH excluding ortho intramolecular Hbond substituents is 4. The zero-order chi connectivity index (χ0) is 32.0. The fourth-order valence-electron chi connectivity index (χ4n) is 4.98. The Bertz CT molecular complexity index is 1560. The maximum Gasteiger partial charge on any atom is 0.239 e. The molecule has 1 aromatic heterocycles. The minimum absolute atomic E-state index is 0.0707. The van der Waals surface area contributed by atoms with Gasteiger partial charge in [-0.25, -0.2) is 0 Å². The SMILES string of the molecule is O=c1c(O[C@H]2O[C@H](CO)[C@H](O)[C@H](O)[C@H]2O[C@H]2O[C@H](CO)[C@@H](O)[C@H](O)[C@H]2O)c(-c2ccc(O)c(O)c2)oc2cc(O)cc(O)c12. The highest BCUT2D eigenvalue weighted by atomic mass is 16.8. The number of aromatic hydroxyl groups is 4. The topological polar surface area (TPSA) is 290 Å². The van der Waals surface area contributed by atoms with Gasteiger partial charge in [0.2, 0.25) is 17.5 Å². The summed E-state index contributed by atoms with van der Waals surface area (Å²) < 4.78 is 28.1. The van der Waals surface area contributed by atoms with Crippen molar-refractivity contribution in [2.24, 2.45) is 0 Å². The molecule has 0 bridgehead atoms. The summed E-state index contributed by atoms with van der Waals surface area (Å²) in [6.45, 7) is -1.68. The standard InChI is InChI=1S/C27H30O17/c28-6-14-17(34)20(37)22(39)26(41-14)44-25-21(38)18(35)15(7-29)42-27(25)43-24-19(36)16-12(33)4-9(30)5-13(16)40-23(24)8-1-2-10(31)11(32)3-8/h1-5,14-15,17-18,20-22,25-35,37-39H,6-7H2/t14-,15-,17-,18+,20+,21+,22-,25-,26-,27-/m1/s1. The maximum atomic E-state index is 13.7. The van der Waals surface area contributed by atoms with Gasteiger partial charge >= 0.3 is 0 Å². The van der Waals surface area contributed by atoms with Crippen LogP contribution in [0.1, 0.15) is 0 Å². The van der Waals surface area contributed by atoms with Crippen molar-refractivity contribution in [1.82, 2.24) is 0 Å². The molecule has 17 nitrogen and oxygen atoms in total. The Morgan fingerprint density at radius 3 is 1.98 bits per heavy atom. The van der Waals surface area contributed by atoms with Crippen LogP contribution in [0.3, 0.4) is 0 Å². The van der Waals surface area contributed by atoms with Crippen LogP contribution in [-0.4, -0.2) is 131 Å². The predicted molar refractivity (Wildman–Crippen MR) is 142 cm³/mol. The molecule has 3 aromatic rings. The first kappa shape index (κ1) is 31.7. The molecule has 10 atom stereocenters. The number of hydrogen-bond donors (Lipinski definition) is 11. The van der Waals surface area contributed by atoms with E-state index in [1.807, 2.05) is 0 Å². The van der Waals surface area contributed by atoms with E-state index in [0.717, 1.165) is 24.3 Å². The van der Waals surface area contributed by atoms with E-state index in [1.165, 1.54) is 6.07 Å². The molecular formula is C27H30O17. The van der Waals surface area contributed by atoms with Gasteiger partial charge < -0.3 is 79.5 Å². The third-order valence-corrected chi connectivity index (χ3v) is 7.35. The third kappa shape index (κ3) is 5.61. The Hall–Kier alpha value is -3.75. The molecule has 2 saturated heterocycles. The van der Waals surface area contributed by atoms with Gasteiger partial charge in [0, 0.05) is 17.7 Å². The molecule has 0 spiro atoms. The van der Waals surface area contributed by atoms with E-state index >= 15 is 0 Å². The molecule has 44 heavy (non-hydrogen) atoms. The van der Waals surface area contributed by atoms with Crippen LogP contribution in [-0.2, 0) is 14.2 Å². The van der Waals surface area contributed by atoms with E-state index in [4.69, 9.17) is 23.4 Å². The second kappa shape index (κ2) is 12.3. The van der Waals surface area contributed by atoms with Crippen molar-refractivity contribution in [3.05, 3.63) is 40.6 Å². The second-order valence-corrected chi connectivity index (χ2v) is 10.3. The number of rotatable bonds is 7. The van der Waals surface area contributed by atoms with Crippen LogP contribution in [0.5, 0.6) is 28.7 Å². The molecule has 0 saturated carbocycles. The smallest absolute Gasteiger partial charge is 0.239 e. The number of aliphatic hydroxyl groups is 7. The molecule has 0 amide bonds. The van der Waals surface area contributed by atoms with E-state index in [-0.39, 0.29) is 11.1 Å². The zero-order valence-electron chi connectivity index (χ0n) is 22.4. The largest absolute Gasteiger partial charge is 0.508 e. The summed E-state index contributed by atoms with van der Waals surface area (Å²) in [6, 6.07) is 5.12. The van der Waals surface area contributed by atoms with Gasteiger partial charge in [-0.05, 0) is 18.2 Å². The van der Waals surface area contributed by atoms with Crippen LogP contribution in [0.15, 0.2) is 39.5 Å². The fraction of sp³-hybridized carbons (Fsp3) is 0.444. The summed E-state index contributed by atoms with van der Waals surface area (Å²) in [4.78, 5) is 13.7. The molecule has 2 aliphatic rings. The first-order valence-electron chi connectivity index (χ1n) is 13.2. The predicted octanol–water partition coefficient (Wildman–Crippen LogP) is -2.71. The summed E-state index contributed by atoms with van der Waals surface area (Å²) >= 11 is 0. The Kier molecular flexibility index (Phi) is 8.87. The second-order valence-electron chi connectivity index (χ2n) is 10.3. The Morgan fingerprint density at radius 2 is 1.34 bits per heavy atom. The van der Waals surface area contributed by atoms with Crippen LogP contribution in [0.25, 0.3) is 22.3 Å². The molecule has 240 valence electrons. The van der Waals surface area contributed by atoms with Crippen molar-refractivity contribution in [2.45, 2.75) is 61.4 Å². The zero-order valence-corrected chi connectivity index (χ0v) is 22.4. The number of aliphatic hydroxyl groups excluding tert-OH is 7. The Morgan fingerprint density at radius 1 is 0.705 bits per heavy atom. The molecular weight excluding hydrogens is 596 g/mol. The first-order valence-corrected chi connectivity index (χ1v) is 13.2. The molecule has 2 aromatic carbocycles. The molecule has 0 radical (unpaired) electrons. The number of phenols is 4. The third-order valence-electron chi connectivity index (χ3n) is 7.35. The lowest BCUT2D eigenvalue weighted by atomic mass is 9.97. The lowest BCUT2D eigenvalue weighted by Gasteiger charge is -2.45. The van der Waals surface area contributed by atoms with E-state index in [2.05, 4.69) is 0 Å². The van der Waals surface area contributed by atoms with Gasteiger partial charge in [0.25, 0.3) is 0 Å². The molecule has 0 aliphatic carbocycles. The van der Waals surface area contributed by atoms with E-state index in [1.54, 1.807) is 0 Å². The van der Waals surface area contributed by atoms with Gasteiger partial charge in [0.05, 0.1) is 13.2 Å². The number of fused-ring (bicyclic) bond motifs is 1. The van der Waals surface area contributed by atoms with Crippen LogP contribution in [0.2, 0.25) is 0 Å². The summed E-state index contributed by atoms with van der Waals surface area (Å²) in [5.41, 5.74) is -1.47. The maximum absolute atomic E-state index is 13.7. The van der Waals surface area contributed by atoms with Gasteiger partial charge in [-0.15, -0.1) is 0 Å². The number of hydrogen-bond acceptors (Lipinski definition) is 17. The van der Waals surface area contributed by atoms with Crippen LogP contribution in [0, 0.1) is 0 Å². The van der Waals surface area contributed by atoms with E-state index in [0.29, 0.717) is 0 Å². The lowest BCUT2D eigenvalue weighted by Crippen LogP contribution is -2.65. The van der Waals surface area contributed by atoms with Gasteiger partial charge in [-0.1, -0.05) is 0 Å². The highest BCUT2D eigenvalue weighted by Gasteiger charge is 2.51. The average Bonchev–Trinajstić information content (AvgIpc) is 2.98. The van der Waals surface area contributed by atoms with E-state index < -0.39 is 120 Å². The van der Waals surface area contributed by atoms with Crippen molar-refractivity contribution >= 4 is 11.0 Å². The minimum Gasteiger partial charge on any atom is -0.508 e. The lowest BCUT2D eigenvalue weighted by molar-refractivity contribution is -0.358. The molecule has 2 aliphatic heterocycles. The van der Waals surface area contributed by atoms with E-state index in [9.17, 15) is 61.0 Å². The summed E-state index contributed by atoms with van der Waals surface area (Å²) in [7, 11) is 0. The Balaban J connectivity index is 1.61. The van der Waals surface area contributed by atoms with Gasteiger partial charge in [-0.2, -0.15) is 0 Å². The van der Waals surface area contributed by atoms with Crippen molar-refractivity contribution in [3.63, 3.8) is 0 Å². The first-order chi connectivity index (χ1) is 20.9. The van der Waals surface area contributed by atoms with Crippen molar-refractivity contribution in [2.75, 3.05) is 13.2 Å². The highest BCUT2D eigenvalue weighted by Crippen LogP contribution is 2.40. The fourth-order valence-corrected chi connectivity index (χ4v) is 4.98. The molecule has 5 rings (SSSR count). The number of benzene rings is 2. The quantitative estimate of drug-likeness (QED) is 0.119. The van der Waals surface area contributed by atoms with Crippen LogP contribution >= 0.6 is 0 Å². The summed E-state index contributed by atoms with van der Waals surface area (Å²) in [5.74, 6) is -3.54. The molecule has 11 N–H and O–H groups in total. The molecule has 0 unspecified atom stereocenters. The van der Waals surface area contributed by atoms with Crippen LogP contribution < -0.4 is 10.2 Å². The van der Waals surface area contributed by atoms with Crippen LogP contribution in [0.4, 0.5) is 0 Å². The molecule has 3 heterocycles. The molecule has 2 fully saturated rings. The monoisotopic (exact) mass is 626 g/mol. The van der Waals surface area contributed by atoms with Gasteiger partial charge in [-0.3, -0.25) is 4.79 Å². The highest BCUT2D eigenvalue weighted by molar-refractivity contribution is 5.88. The van der Waals surface area contributed by atoms with Crippen molar-refractivity contribution in [3.8, 4) is 40.1 Å². The molecule has 17 heteroatoms. The number of ether oxygens (including phenoxy) is 4. The Labute approximate surface area is 246 Å². The van der Waals surface area contributed by atoms with Crippen molar-refractivity contribution in [1.29, 1.82) is 0 Å². The minimum atomic E-state index is -1.97.